The van der Waals surface area contributed by atoms with Gasteiger partial charge in [0.25, 0.3) is 11.8 Å². The van der Waals surface area contributed by atoms with E-state index in [1.807, 2.05) is 29.0 Å². The highest BCUT2D eigenvalue weighted by molar-refractivity contribution is 7.90. The van der Waals surface area contributed by atoms with E-state index in [0.29, 0.717) is 0 Å². The third kappa shape index (κ3) is 5.82. The SMILES string of the molecule is CC(C)S(=O)(=O)NC(=O)c1cccc(NC(=O)N[C@@H]2N=C(C3CCCC3)c3ccccc3N(C)C2=O)c1. The molecule has 0 aromatic heterocycles. The van der Waals surface area contributed by atoms with E-state index in [-0.39, 0.29) is 23.1 Å². The van der Waals surface area contributed by atoms with Crippen molar-refractivity contribution in [1.82, 2.24) is 10.0 Å². The summed E-state index contributed by atoms with van der Waals surface area (Å²) in [6, 6.07) is 12.8. The molecule has 1 aliphatic heterocycles. The number of benzene rings is 2. The van der Waals surface area contributed by atoms with Gasteiger partial charge in [0.1, 0.15) is 0 Å². The highest BCUT2D eigenvalue weighted by Gasteiger charge is 2.34. The molecule has 37 heavy (non-hydrogen) atoms. The number of urea groups is 1. The van der Waals surface area contributed by atoms with Crippen LogP contribution in [0.3, 0.4) is 0 Å². The molecule has 1 fully saturated rings. The Hall–Kier alpha value is -3.73. The van der Waals surface area contributed by atoms with Crippen LogP contribution in [0.25, 0.3) is 0 Å². The Morgan fingerprint density at radius 2 is 1.76 bits per heavy atom. The molecule has 4 rings (SSSR count). The fourth-order valence-corrected chi connectivity index (χ4v) is 5.11. The van der Waals surface area contributed by atoms with Crippen LogP contribution in [0, 0.1) is 5.92 Å². The number of benzodiazepines with no additional fused rings is 1. The Morgan fingerprint density at radius 3 is 2.46 bits per heavy atom. The minimum absolute atomic E-state index is 0.0595. The van der Waals surface area contributed by atoms with Crippen LogP contribution in [0.4, 0.5) is 16.2 Å². The first-order chi connectivity index (χ1) is 17.6. The van der Waals surface area contributed by atoms with E-state index in [4.69, 9.17) is 4.99 Å². The second-order valence-electron chi connectivity index (χ2n) is 9.52. The highest BCUT2D eigenvalue weighted by atomic mass is 32.2. The number of sulfonamides is 1. The molecule has 1 atom stereocenters. The molecule has 1 heterocycles. The largest absolute Gasteiger partial charge is 0.321 e. The summed E-state index contributed by atoms with van der Waals surface area (Å²) in [6.07, 6.45) is 3.01. The normalized spacial score (nSPS) is 18.2. The summed E-state index contributed by atoms with van der Waals surface area (Å²) in [6.45, 7) is 2.92. The van der Waals surface area contributed by atoms with E-state index >= 15 is 0 Å². The number of hydrogen-bond donors (Lipinski definition) is 3. The van der Waals surface area contributed by atoms with E-state index in [1.165, 1.54) is 36.9 Å². The minimum Gasteiger partial charge on any atom is -0.311 e. The Bertz CT molecular complexity index is 1350. The first-order valence-corrected chi connectivity index (χ1v) is 13.8. The van der Waals surface area contributed by atoms with Crippen molar-refractivity contribution in [1.29, 1.82) is 0 Å². The molecule has 0 saturated heterocycles. The van der Waals surface area contributed by atoms with Crippen molar-refractivity contribution in [3.05, 3.63) is 59.7 Å². The lowest BCUT2D eigenvalue weighted by Gasteiger charge is -2.21. The van der Waals surface area contributed by atoms with Crippen molar-refractivity contribution in [3.63, 3.8) is 0 Å². The Labute approximate surface area is 216 Å². The van der Waals surface area contributed by atoms with E-state index in [9.17, 15) is 22.8 Å². The zero-order chi connectivity index (χ0) is 26.7. The van der Waals surface area contributed by atoms with Gasteiger partial charge in [-0.05, 0) is 51.0 Å². The molecule has 4 amide bonds. The van der Waals surface area contributed by atoms with Gasteiger partial charge in [-0.2, -0.15) is 0 Å². The van der Waals surface area contributed by atoms with Crippen molar-refractivity contribution < 1.29 is 22.8 Å². The number of anilines is 2. The fourth-order valence-electron chi connectivity index (χ4n) is 4.50. The van der Waals surface area contributed by atoms with Crippen LogP contribution >= 0.6 is 0 Å². The van der Waals surface area contributed by atoms with Gasteiger partial charge in [0.15, 0.2) is 0 Å². The number of fused-ring (bicyclic) bond motifs is 1. The maximum Gasteiger partial charge on any atom is 0.321 e. The monoisotopic (exact) mass is 525 g/mol. The lowest BCUT2D eigenvalue weighted by atomic mass is 9.94. The predicted molar refractivity (Wildman–Crippen MR) is 142 cm³/mol. The standard InChI is InChI=1S/C26H31N5O5S/c1-16(2)37(35,36)30-24(32)18-11-8-12-19(15-18)27-26(34)29-23-25(33)31(3)21-14-7-6-13-20(21)22(28-23)17-9-4-5-10-17/h6-8,11-17,23H,4-5,9-10H2,1-3H3,(H,30,32)(H2,27,29,34)/t23-/m0/s1. The number of para-hydroxylation sites is 1. The molecule has 0 spiro atoms. The van der Waals surface area contributed by atoms with Crippen LogP contribution in [0.2, 0.25) is 0 Å². The molecule has 3 N–H and O–H groups in total. The number of aliphatic imine (C=N–C) groups is 1. The zero-order valence-electron chi connectivity index (χ0n) is 21.0. The van der Waals surface area contributed by atoms with E-state index < -0.39 is 33.4 Å². The second kappa shape index (κ2) is 10.7. The van der Waals surface area contributed by atoms with E-state index in [2.05, 4.69) is 10.6 Å². The molecule has 0 unspecified atom stereocenters. The van der Waals surface area contributed by atoms with Gasteiger partial charge in [-0.1, -0.05) is 37.1 Å². The van der Waals surface area contributed by atoms with Crippen LogP contribution in [0.1, 0.15) is 55.5 Å². The van der Waals surface area contributed by atoms with Crippen molar-refractivity contribution in [2.75, 3.05) is 17.3 Å². The van der Waals surface area contributed by atoms with Crippen LogP contribution in [0.5, 0.6) is 0 Å². The smallest absolute Gasteiger partial charge is 0.311 e. The van der Waals surface area contributed by atoms with Gasteiger partial charge >= 0.3 is 6.03 Å². The highest BCUT2D eigenvalue weighted by Crippen LogP contribution is 2.34. The average molecular weight is 526 g/mol. The van der Waals surface area contributed by atoms with Gasteiger partial charge in [0, 0.05) is 29.8 Å². The zero-order valence-corrected chi connectivity index (χ0v) is 21.8. The molecular weight excluding hydrogens is 494 g/mol. The summed E-state index contributed by atoms with van der Waals surface area (Å²) in [5.41, 5.74) is 2.78. The lowest BCUT2D eigenvalue weighted by Crippen LogP contribution is -2.47. The molecule has 2 aliphatic rings. The molecular formula is C26H31N5O5S. The summed E-state index contributed by atoms with van der Waals surface area (Å²) in [4.78, 5) is 44.8. The predicted octanol–water partition coefficient (Wildman–Crippen LogP) is 3.26. The summed E-state index contributed by atoms with van der Waals surface area (Å²) in [7, 11) is -2.15. The van der Waals surface area contributed by atoms with Crippen molar-refractivity contribution in [3.8, 4) is 0 Å². The van der Waals surface area contributed by atoms with Crippen LogP contribution in [0.15, 0.2) is 53.5 Å². The third-order valence-corrected chi connectivity index (χ3v) is 8.33. The van der Waals surface area contributed by atoms with Crippen LogP contribution in [-0.2, 0) is 14.8 Å². The van der Waals surface area contributed by atoms with Crippen molar-refractivity contribution in [2.24, 2.45) is 10.9 Å². The number of carbonyl (C=O) groups excluding carboxylic acids is 3. The summed E-state index contributed by atoms with van der Waals surface area (Å²) >= 11 is 0. The van der Waals surface area contributed by atoms with Gasteiger partial charge in [-0.25, -0.2) is 17.9 Å². The molecule has 11 heteroatoms. The van der Waals surface area contributed by atoms with Crippen LogP contribution in [-0.4, -0.2) is 50.4 Å². The Kier molecular flexibility index (Phi) is 7.63. The Balaban J connectivity index is 1.53. The average Bonchev–Trinajstić information content (AvgIpc) is 3.37. The first kappa shape index (κ1) is 26.3. The van der Waals surface area contributed by atoms with Gasteiger partial charge in [0.05, 0.1) is 16.6 Å². The number of amides is 4. The molecule has 1 saturated carbocycles. The maximum absolute atomic E-state index is 13.3. The maximum atomic E-state index is 13.3. The van der Waals surface area contributed by atoms with Crippen LogP contribution < -0.4 is 20.3 Å². The van der Waals surface area contributed by atoms with E-state index in [0.717, 1.165) is 42.6 Å². The molecule has 2 aromatic carbocycles. The Morgan fingerprint density at radius 1 is 1.05 bits per heavy atom. The van der Waals surface area contributed by atoms with Gasteiger partial charge < -0.3 is 15.5 Å². The fraction of sp³-hybridized carbons (Fsp3) is 0.385. The lowest BCUT2D eigenvalue weighted by molar-refractivity contribution is -0.119. The first-order valence-electron chi connectivity index (χ1n) is 12.2. The van der Waals surface area contributed by atoms with Crippen molar-refractivity contribution >= 4 is 45.0 Å². The van der Waals surface area contributed by atoms with Crippen molar-refractivity contribution in [2.45, 2.75) is 50.9 Å². The number of hydrogen-bond acceptors (Lipinski definition) is 6. The minimum atomic E-state index is -3.81. The van der Waals surface area contributed by atoms with Gasteiger partial charge in [-0.3, -0.25) is 14.6 Å². The molecule has 10 nitrogen and oxygen atoms in total. The summed E-state index contributed by atoms with van der Waals surface area (Å²) in [5, 5.41) is 4.49. The second-order valence-corrected chi connectivity index (χ2v) is 11.8. The quantitative estimate of drug-likeness (QED) is 0.532. The number of likely N-dealkylation sites (N-methyl/N-ethyl adjacent to an activating group) is 1. The topological polar surface area (TPSA) is 137 Å². The number of rotatable bonds is 6. The molecule has 0 bridgehead atoms. The number of nitrogens with zero attached hydrogens (tertiary/aromatic N) is 2. The number of nitrogens with one attached hydrogen (secondary N) is 3. The van der Waals surface area contributed by atoms with E-state index in [1.54, 1.807) is 13.1 Å². The molecule has 196 valence electrons. The van der Waals surface area contributed by atoms with Gasteiger partial charge in [0.2, 0.25) is 16.2 Å². The molecule has 1 aliphatic carbocycles. The number of carbonyl (C=O) groups is 3. The third-order valence-electron chi connectivity index (χ3n) is 6.62. The molecule has 0 radical (unpaired) electrons. The molecule has 2 aromatic rings. The summed E-state index contributed by atoms with van der Waals surface area (Å²) < 4.78 is 26.1. The summed E-state index contributed by atoms with van der Waals surface area (Å²) in [5.74, 6) is -0.963. The van der Waals surface area contributed by atoms with Gasteiger partial charge in [-0.15, -0.1) is 0 Å².